The van der Waals surface area contributed by atoms with E-state index in [4.69, 9.17) is 11.6 Å². The standard InChI is InChI=1S/C9H2ClF5N2/c10-7-4-1-3(11)2-5(12)6(4)16-8(17-7)9(13,14)15/h1-2H. The molecule has 0 aliphatic carbocycles. The summed E-state index contributed by atoms with van der Waals surface area (Å²) in [4.78, 5) is 5.94. The first-order chi connectivity index (χ1) is 7.79. The summed E-state index contributed by atoms with van der Waals surface area (Å²) in [6.07, 6.45) is -4.85. The van der Waals surface area contributed by atoms with Gasteiger partial charge in [-0.05, 0) is 6.07 Å². The van der Waals surface area contributed by atoms with E-state index in [-0.39, 0.29) is 5.39 Å². The first kappa shape index (κ1) is 12.0. The molecule has 0 atom stereocenters. The zero-order valence-corrected chi connectivity index (χ0v) is 8.57. The summed E-state index contributed by atoms with van der Waals surface area (Å²) in [6, 6.07) is 1.19. The molecule has 0 fully saturated rings. The summed E-state index contributed by atoms with van der Waals surface area (Å²) in [5.74, 6) is -3.77. The maximum absolute atomic E-state index is 13.2. The van der Waals surface area contributed by atoms with Gasteiger partial charge in [-0.2, -0.15) is 13.2 Å². The van der Waals surface area contributed by atoms with Gasteiger partial charge in [-0.25, -0.2) is 18.7 Å². The van der Waals surface area contributed by atoms with Crippen molar-refractivity contribution in [2.75, 3.05) is 0 Å². The van der Waals surface area contributed by atoms with Crippen LogP contribution in [0.25, 0.3) is 10.9 Å². The predicted molar refractivity (Wildman–Crippen MR) is 49.5 cm³/mol. The van der Waals surface area contributed by atoms with Crippen LogP contribution >= 0.6 is 11.6 Å². The lowest BCUT2D eigenvalue weighted by Gasteiger charge is -2.07. The van der Waals surface area contributed by atoms with Crippen LogP contribution in [0.2, 0.25) is 5.15 Å². The van der Waals surface area contributed by atoms with Gasteiger partial charge in [-0.3, -0.25) is 0 Å². The highest BCUT2D eigenvalue weighted by molar-refractivity contribution is 6.34. The lowest BCUT2D eigenvalue weighted by Crippen LogP contribution is -2.11. The molecule has 1 aromatic carbocycles. The molecule has 0 saturated heterocycles. The van der Waals surface area contributed by atoms with Crippen molar-refractivity contribution in [3.05, 3.63) is 34.7 Å². The molecule has 0 spiro atoms. The molecule has 0 aliphatic rings. The van der Waals surface area contributed by atoms with Crippen LogP contribution in [-0.2, 0) is 6.18 Å². The van der Waals surface area contributed by atoms with Gasteiger partial charge in [0.1, 0.15) is 16.5 Å². The van der Waals surface area contributed by atoms with Gasteiger partial charge in [-0.1, -0.05) is 11.6 Å². The van der Waals surface area contributed by atoms with E-state index < -0.39 is 34.3 Å². The normalized spacial score (nSPS) is 12.1. The minimum atomic E-state index is -4.85. The molecule has 2 rings (SSSR count). The van der Waals surface area contributed by atoms with Crippen LogP contribution in [0.5, 0.6) is 0 Å². The predicted octanol–water partition coefficient (Wildman–Crippen LogP) is 3.58. The van der Waals surface area contributed by atoms with Crippen LogP contribution in [-0.4, -0.2) is 9.97 Å². The molecule has 2 aromatic rings. The summed E-state index contributed by atoms with van der Waals surface area (Å²) < 4.78 is 63.1. The fourth-order valence-corrected chi connectivity index (χ4v) is 1.47. The summed E-state index contributed by atoms with van der Waals surface area (Å²) in [5.41, 5.74) is -0.668. The highest BCUT2D eigenvalue weighted by atomic mass is 35.5. The fourth-order valence-electron chi connectivity index (χ4n) is 1.25. The molecule has 17 heavy (non-hydrogen) atoms. The zero-order chi connectivity index (χ0) is 12.8. The van der Waals surface area contributed by atoms with E-state index in [0.717, 1.165) is 6.07 Å². The second-order valence-electron chi connectivity index (χ2n) is 3.12. The van der Waals surface area contributed by atoms with Crippen molar-refractivity contribution in [2.24, 2.45) is 0 Å². The molecular weight excluding hydrogens is 267 g/mol. The average Bonchev–Trinajstić information content (AvgIpc) is 2.17. The highest BCUT2D eigenvalue weighted by Crippen LogP contribution is 2.31. The van der Waals surface area contributed by atoms with Crippen LogP contribution in [0.1, 0.15) is 5.82 Å². The van der Waals surface area contributed by atoms with E-state index in [1.807, 2.05) is 0 Å². The Morgan fingerprint density at radius 3 is 2.29 bits per heavy atom. The van der Waals surface area contributed by atoms with Gasteiger partial charge >= 0.3 is 6.18 Å². The van der Waals surface area contributed by atoms with E-state index in [9.17, 15) is 22.0 Å². The van der Waals surface area contributed by atoms with Crippen molar-refractivity contribution in [1.82, 2.24) is 9.97 Å². The van der Waals surface area contributed by atoms with Gasteiger partial charge < -0.3 is 0 Å². The molecule has 0 aliphatic heterocycles. The van der Waals surface area contributed by atoms with E-state index in [0.29, 0.717) is 6.07 Å². The number of rotatable bonds is 0. The topological polar surface area (TPSA) is 25.8 Å². The number of hydrogen-bond acceptors (Lipinski definition) is 2. The summed E-state index contributed by atoms with van der Waals surface area (Å²) in [6.45, 7) is 0. The molecule has 0 amide bonds. The number of hydrogen-bond donors (Lipinski definition) is 0. The van der Waals surface area contributed by atoms with Crippen LogP contribution in [0.4, 0.5) is 22.0 Å². The molecule has 8 heteroatoms. The average molecular weight is 269 g/mol. The van der Waals surface area contributed by atoms with Crippen LogP contribution in [0, 0.1) is 11.6 Å². The minimum absolute atomic E-state index is 0.308. The molecule has 90 valence electrons. The molecule has 0 unspecified atom stereocenters. The Kier molecular flexibility index (Phi) is 2.65. The number of alkyl halides is 3. The molecule has 1 heterocycles. The Balaban J connectivity index is 2.83. The second-order valence-corrected chi connectivity index (χ2v) is 3.48. The van der Waals surface area contributed by atoms with Gasteiger partial charge in [-0.15, -0.1) is 0 Å². The van der Waals surface area contributed by atoms with Gasteiger partial charge in [0.05, 0.1) is 0 Å². The van der Waals surface area contributed by atoms with Crippen LogP contribution < -0.4 is 0 Å². The largest absolute Gasteiger partial charge is 0.451 e. The zero-order valence-electron chi connectivity index (χ0n) is 7.82. The van der Waals surface area contributed by atoms with E-state index >= 15 is 0 Å². The van der Waals surface area contributed by atoms with E-state index in [1.54, 1.807) is 0 Å². The molecule has 0 saturated carbocycles. The third-order valence-electron chi connectivity index (χ3n) is 1.93. The molecule has 1 aromatic heterocycles. The summed E-state index contributed by atoms with van der Waals surface area (Å²) >= 11 is 5.43. The number of aromatic nitrogens is 2. The summed E-state index contributed by atoms with van der Waals surface area (Å²) in [5, 5.41) is -0.960. The van der Waals surface area contributed by atoms with Crippen LogP contribution in [0.15, 0.2) is 12.1 Å². The Labute approximate surface area is 96.0 Å². The van der Waals surface area contributed by atoms with Crippen molar-refractivity contribution in [3.8, 4) is 0 Å². The first-order valence-corrected chi connectivity index (χ1v) is 4.56. The lowest BCUT2D eigenvalue weighted by molar-refractivity contribution is -0.144. The maximum Gasteiger partial charge on any atom is 0.451 e. The molecule has 2 nitrogen and oxygen atoms in total. The van der Waals surface area contributed by atoms with Gasteiger partial charge in [0.2, 0.25) is 5.82 Å². The van der Waals surface area contributed by atoms with Gasteiger partial charge in [0, 0.05) is 11.5 Å². The minimum Gasteiger partial charge on any atom is -0.221 e. The van der Waals surface area contributed by atoms with Crippen LogP contribution in [0.3, 0.4) is 0 Å². The van der Waals surface area contributed by atoms with Crippen molar-refractivity contribution in [2.45, 2.75) is 6.18 Å². The number of fused-ring (bicyclic) bond motifs is 1. The van der Waals surface area contributed by atoms with Gasteiger partial charge in [0.15, 0.2) is 5.82 Å². The van der Waals surface area contributed by atoms with Crippen molar-refractivity contribution < 1.29 is 22.0 Å². The van der Waals surface area contributed by atoms with Crippen molar-refractivity contribution in [3.63, 3.8) is 0 Å². The number of nitrogens with zero attached hydrogens (tertiary/aromatic N) is 2. The molecule has 0 N–H and O–H groups in total. The van der Waals surface area contributed by atoms with E-state index in [1.165, 1.54) is 0 Å². The second kappa shape index (κ2) is 3.76. The monoisotopic (exact) mass is 268 g/mol. The Bertz CT molecular complexity index is 596. The molecule has 0 bridgehead atoms. The fraction of sp³-hybridized carbons (Fsp3) is 0.111. The quantitative estimate of drug-likeness (QED) is 0.539. The number of benzene rings is 1. The third-order valence-corrected chi connectivity index (χ3v) is 2.21. The Morgan fingerprint density at radius 2 is 1.71 bits per heavy atom. The summed E-state index contributed by atoms with van der Waals surface area (Å²) in [7, 11) is 0. The lowest BCUT2D eigenvalue weighted by atomic mass is 10.2. The first-order valence-electron chi connectivity index (χ1n) is 4.18. The molecule has 0 radical (unpaired) electrons. The highest BCUT2D eigenvalue weighted by Gasteiger charge is 2.35. The maximum atomic E-state index is 13.2. The van der Waals surface area contributed by atoms with Crippen molar-refractivity contribution >= 4 is 22.5 Å². The van der Waals surface area contributed by atoms with E-state index in [2.05, 4.69) is 9.97 Å². The Morgan fingerprint density at radius 1 is 1.06 bits per heavy atom. The smallest absolute Gasteiger partial charge is 0.221 e. The third kappa shape index (κ3) is 2.14. The van der Waals surface area contributed by atoms with Crippen molar-refractivity contribution in [1.29, 1.82) is 0 Å². The molecular formula is C9H2ClF5N2. The Hall–Kier alpha value is -1.50. The van der Waals surface area contributed by atoms with Gasteiger partial charge in [0.25, 0.3) is 0 Å². The number of halogens is 6. The SMILES string of the molecule is Fc1cc(F)c2nc(C(F)(F)F)nc(Cl)c2c1.